The molecular weight excluding hydrogens is 157 g/mol. The third kappa shape index (κ3) is 3.22. The molecule has 0 radical (unpaired) electrons. The molecule has 0 N–H and O–H groups in total. The van der Waals surface area contributed by atoms with Gasteiger partial charge in [0.15, 0.2) is 5.63 Å². The van der Waals surface area contributed by atoms with Crippen LogP contribution in [-0.2, 0) is 0 Å². The standard InChI is InChI=1S/C4H4Cl2F2/c5-3(1-2-7)4(6)8/h1-4H. The maximum atomic E-state index is 11.7. The van der Waals surface area contributed by atoms with Crippen LogP contribution in [0.15, 0.2) is 12.4 Å². The van der Waals surface area contributed by atoms with E-state index in [1.54, 1.807) is 0 Å². The molecule has 8 heavy (non-hydrogen) atoms. The van der Waals surface area contributed by atoms with Crippen molar-refractivity contribution in [2.45, 2.75) is 11.0 Å². The summed E-state index contributed by atoms with van der Waals surface area (Å²) >= 11 is 9.87. The summed E-state index contributed by atoms with van der Waals surface area (Å²) in [5.41, 5.74) is -1.72. The van der Waals surface area contributed by atoms with Crippen LogP contribution < -0.4 is 0 Å². The summed E-state index contributed by atoms with van der Waals surface area (Å²) in [5.74, 6) is 0. The molecule has 0 saturated heterocycles. The van der Waals surface area contributed by atoms with E-state index >= 15 is 0 Å². The fraction of sp³-hybridized carbons (Fsp3) is 0.500. The van der Waals surface area contributed by atoms with Gasteiger partial charge in [0.1, 0.15) is 0 Å². The van der Waals surface area contributed by atoms with Crippen LogP contribution in [0.2, 0.25) is 0 Å². The van der Waals surface area contributed by atoms with Crippen molar-refractivity contribution in [3.05, 3.63) is 12.4 Å². The summed E-state index contributed by atoms with van der Waals surface area (Å²) in [6.45, 7) is 0. The van der Waals surface area contributed by atoms with Crippen molar-refractivity contribution in [1.29, 1.82) is 0 Å². The van der Waals surface area contributed by atoms with Gasteiger partial charge in [-0.3, -0.25) is 0 Å². The zero-order chi connectivity index (χ0) is 6.57. The van der Waals surface area contributed by atoms with Gasteiger partial charge in [-0.25, -0.2) is 8.78 Å². The van der Waals surface area contributed by atoms with Gasteiger partial charge in [-0.2, -0.15) is 0 Å². The molecule has 0 aliphatic carbocycles. The van der Waals surface area contributed by atoms with Crippen molar-refractivity contribution >= 4 is 23.2 Å². The van der Waals surface area contributed by atoms with Crippen LogP contribution in [0.5, 0.6) is 0 Å². The molecule has 2 unspecified atom stereocenters. The SMILES string of the molecule is FC=CC(Cl)C(F)Cl. The van der Waals surface area contributed by atoms with E-state index in [4.69, 9.17) is 23.2 Å². The Balaban J connectivity index is 3.47. The molecule has 0 aliphatic rings. The molecule has 0 fully saturated rings. The van der Waals surface area contributed by atoms with Gasteiger partial charge < -0.3 is 0 Å². The van der Waals surface area contributed by atoms with Gasteiger partial charge in [0.2, 0.25) is 0 Å². The fourth-order valence-electron chi connectivity index (χ4n) is 0.153. The number of hydrogen-bond donors (Lipinski definition) is 0. The van der Waals surface area contributed by atoms with Crippen molar-refractivity contribution < 1.29 is 8.78 Å². The maximum Gasteiger partial charge on any atom is 0.193 e. The summed E-state index contributed by atoms with van der Waals surface area (Å²) in [6.07, 6.45) is 0.992. The first-order valence-electron chi connectivity index (χ1n) is 1.87. The van der Waals surface area contributed by atoms with Crippen LogP contribution >= 0.6 is 23.2 Å². The molecule has 0 aromatic rings. The van der Waals surface area contributed by atoms with Crippen molar-refractivity contribution in [2.24, 2.45) is 0 Å². The highest BCUT2D eigenvalue weighted by Crippen LogP contribution is 2.11. The van der Waals surface area contributed by atoms with E-state index in [2.05, 4.69) is 0 Å². The molecule has 0 nitrogen and oxygen atoms in total. The van der Waals surface area contributed by atoms with Crippen molar-refractivity contribution in [2.75, 3.05) is 0 Å². The van der Waals surface area contributed by atoms with E-state index in [-0.39, 0.29) is 6.33 Å². The predicted octanol–water partition coefficient (Wildman–Crippen LogP) is 2.61. The molecule has 0 aromatic heterocycles. The Bertz CT molecular complexity index is 82.1. The summed E-state index contributed by atoms with van der Waals surface area (Å²) < 4.78 is 22.8. The van der Waals surface area contributed by atoms with Gasteiger partial charge in [-0.15, -0.1) is 11.6 Å². The summed E-state index contributed by atoms with van der Waals surface area (Å²) in [7, 11) is 0. The Morgan fingerprint density at radius 1 is 1.38 bits per heavy atom. The molecule has 0 aromatic carbocycles. The highest BCUT2D eigenvalue weighted by molar-refractivity contribution is 6.30. The Kier molecular flexibility index (Phi) is 4.19. The highest BCUT2D eigenvalue weighted by atomic mass is 35.5. The molecule has 0 heterocycles. The predicted molar refractivity (Wildman–Crippen MR) is 30.6 cm³/mol. The van der Waals surface area contributed by atoms with Gasteiger partial charge in [-0.05, 0) is 6.08 Å². The Labute approximate surface area is 56.1 Å². The van der Waals surface area contributed by atoms with Crippen molar-refractivity contribution in [3.63, 3.8) is 0 Å². The molecule has 0 aliphatic heterocycles. The normalized spacial score (nSPS) is 19.0. The second kappa shape index (κ2) is 4.10. The van der Waals surface area contributed by atoms with Gasteiger partial charge in [0, 0.05) is 0 Å². The van der Waals surface area contributed by atoms with E-state index in [1.165, 1.54) is 0 Å². The average Bonchev–Trinajstić information content (AvgIpc) is 1.67. The molecule has 0 saturated carbocycles. The van der Waals surface area contributed by atoms with Crippen LogP contribution in [0.25, 0.3) is 0 Å². The minimum Gasteiger partial charge on any atom is -0.228 e. The van der Waals surface area contributed by atoms with Gasteiger partial charge >= 0.3 is 0 Å². The van der Waals surface area contributed by atoms with E-state index in [0.717, 1.165) is 6.08 Å². The summed E-state index contributed by atoms with van der Waals surface area (Å²) in [5, 5.41) is -1.07. The minimum absolute atomic E-state index is 0.159. The first kappa shape index (κ1) is 8.18. The molecule has 2 atom stereocenters. The number of hydrogen-bond acceptors (Lipinski definition) is 0. The van der Waals surface area contributed by atoms with Crippen LogP contribution in [0.3, 0.4) is 0 Å². The lowest BCUT2D eigenvalue weighted by atomic mass is 10.4. The lowest BCUT2D eigenvalue weighted by Gasteiger charge is -1.98. The Morgan fingerprint density at radius 3 is 2.00 bits per heavy atom. The number of rotatable bonds is 2. The smallest absolute Gasteiger partial charge is 0.193 e. The fourth-order valence-corrected chi connectivity index (χ4v) is 0.292. The van der Waals surface area contributed by atoms with Crippen LogP contribution in [-0.4, -0.2) is 11.0 Å². The second-order valence-electron chi connectivity index (χ2n) is 1.10. The number of halogens is 4. The van der Waals surface area contributed by atoms with E-state index in [1.807, 2.05) is 0 Å². The first-order valence-corrected chi connectivity index (χ1v) is 2.75. The lowest BCUT2D eigenvalue weighted by Crippen LogP contribution is -2.04. The molecule has 0 rings (SSSR count). The topological polar surface area (TPSA) is 0 Å². The second-order valence-corrected chi connectivity index (χ2v) is 2.02. The molecule has 4 heteroatoms. The van der Waals surface area contributed by atoms with Gasteiger partial charge in [0.05, 0.1) is 11.7 Å². The average molecular weight is 161 g/mol. The Morgan fingerprint density at radius 2 is 1.88 bits per heavy atom. The molecule has 0 bridgehead atoms. The van der Waals surface area contributed by atoms with E-state index in [0.29, 0.717) is 0 Å². The number of allylic oxidation sites excluding steroid dienone is 1. The molecule has 0 amide bonds. The minimum atomic E-state index is -1.72. The van der Waals surface area contributed by atoms with Crippen LogP contribution in [0.4, 0.5) is 8.78 Å². The quantitative estimate of drug-likeness (QED) is 0.546. The third-order valence-electron chi connectivity index (χ3n) is 0.497. The molecule has 0 spiro atoms. The molecule has 48 valence electrons. The van der Waals surface area contributed by atoms with Crippen LogP contribution in [0, 0.1) is 0 Å². The molecular formula is C4H4Cl2F2. The Hall–Kier alpha value is 0.180. The zero-order valence-electron chi connectivity index (χ0n) is 3.82. The van der Waals surface area contributed by atoms with Gasteiger partial charge in [0.25, 0.3) is 0 Å². The third-order valence-corrected chi connectivity index (χ3v) is 1.26. The van der Waals surface area contributed by atoms with E-state index < -0.39 is 11.0 Å². The summed E-state index contributed by atoms with van der Waals surface area (Å²) in [4.78, 5) is 0. The van der Waals surface area contributed by atoms with Gasteiger partial charge in [-0.1, -0.05) is 11.6 Å². The van der Waals surface area contributed by atoms with Crippen LogP contribution in [0.1, 0.15) is 0 Å². The van der Waals surface area contributed by atoms with Crippen molar-refractivity contribution in [3.8, 4) is 0 Å². The number of alkyl halides is 3. The van der Waals surface area contributed by atoms with Crippen molar-refractivity contribution in [1.82, 2.24) is 0 Å². The zero-order valence-corrected chi connectivity index (χ0v) is 5.33. The first-order chi connectivity index (χ1) is 3.68. The maximum absolute atomic E-state index is 11.7. The lowest BCUT2D eigenvalue weighted by molar-refractivity contribution is 0.450. The van der Waals surface area contributed by atoms with E-state index in [9.17, 15) is 8.78 Å². The highest BCUT2D eigenvalue weighted by Gasteiger charge is 2.10. The largest absolute Gasteiger partial charge is 0.228 e. The summed E-state index contributed by atoms with van der Waals surface area (Å²) in [6, 6.07) is 0. The monoisotopic (exact) mass is 160 g/mol.